The Balaban J connectivity index is 2.03. The summed E-state index contributed by atoms with van der Waals surface area (Å²) in [5, 5.41) is 11.0. The van der Waals surface area contributed by atoms with E-state index < -0.39 is 5.60 Å². The topological polar surface area (TPSA) is 52.5 Å². The monoisotopic (exact) mass is 284 g/mol. The second-order valence-corrected chi connectivity index (χ2v) is 5.93. The van der Waals surface area contributed by atoms with Gasteiger partial charge in [-0.05, 0) is 33.9 Å². The number of rotatable bonds is 3. The van der Waals surface area contributed by atoms with Gasteiger partial charge >= 0.3 is 0 Å². The lowest BCUT2D eigenvalue weighted by Gasteiger charge is -2.40. The Morgan fingerprint density at radius 2 is 2.00 bits per heavy atom. The lowest BCUT2D eigenvalue weighted by atomic mass is 9.91. The molecule has 1 saturated heterocycles. The minimum Gasteiger partial charge on any atom is -0.388 e. The van der Waals surface area contributed by atoms with Gasteiger partial charge in [-0.3, -0.25) is 0 Å². The van der Waals surface area contributed by atoms with Gasteiger partial charge in [-0.25, -0.2) is 9.97 Å². The number of aliphatic hydroxyl groups is 1. The van der Waals surface area contributed by atoms with Crippen molar-refractivity contribution in [2.45, 2.75) is 25.4 Å². The first kappa shape index (κ1) is 14.5. The van der Waals surface area contributed by atoms with Crippen molar-refractivity contribution in [1.29, 1.82) is 0 Å². The fraction of sp³-hybridized carbons (Fsp3) is 0.692. The Morgan fingerprint density at radius 1 is 1.37 bits per heavy atom. The molecular weight excluding hydrogens is 264 g/mol. The number of halogens is 1. The highest BCUT2D eigenvalue weighted by molar-refractivity contribution is 6.29. The van der Waals surface area contributed by atoms with Gasteiger partial charge in [0, 0.05) is 25.7 Å². The van der Waals surface area contributed by atoms with E-state index in [0.717, 1.165) is 31.7 Å². The maximum absolute atomic E-state index is 10.5. The Morgan fingerprint density at radius 3 is 2.53 bits per heavy atom. The van der Waals surface area contributed by atoms with E-state index in [-0.39, 0.29) is 0 Å². The molecule has 1 fully saturated rings. The molecule has 6 heteroatoms. The van der Waals surface area contributed by atoms with E-state index in [0.29, 0.717) is 17.5 Å². The molecule has 0 saturated carbocycles. The minimum absolute atomic E-state index is 0.469. The number of likely N-dealkylation sites (N-methyl/N-ethyl adjacent to an activating group) is 1. The summed E-state index contributed by atoms with van der Waals surface area (Å²) < 4.78 is 0. The normalized spacial score (nSPS) is 18.9. The summed E-state index contributed by atoms with van der Waals surface area (Å²) >= 11 is 5.96. The quantitative estimate of drug-likeness (QED) is 0.849. The molecule has 0 unspecified atom stereocenters. The van der Waals surface area contributed by atoms with Gasteiger partial charge in [-0.1, -0.05) is 11.6 Å². The molecule has 1 aromatic rings. The van der Waals surface area contributed by atoms with Crippen molar-refractivity contribution in [1.82, 2.24) is 14.9 Å². The molecule has 0 amide bonds. The van der Waals surface area contributed by atoms with Crippen LogP contribution in [-0.2, 0) is 0 Å². The van der Waals surface area contributed by atoms with Crippen molar-refractivity contribution in [3.05, 3.63) is 17.0 Å². The number of nitrogens with zero attached hydrogens (tertiary/aromatic N) is 4. The van der Waals surface area contributed by atoms with Crippen LogP contribution in [0, 0.1) is 6.92 Å². The van der Waals surface area contributed by atoms with E-state index in [2.05, 4.69) is 14.9 Å². The van der Waals surface area contributed by atoms with Gasteiger partial charge in [0.1, 0.15) is 16.8 Å². The zero-order valence-electron chi connectivity index (χ0n) is 11.7. The summed E-state index contributed by atoms with van der Waals surface area (Å²) in [4.78, 5) is 12.7. The number of hydrogen-bond donors (Lipinski definition) is 1. The van der Waals surface area contributed by atoms with Gasteiger partial charge in [0.15, 0.2) is 0 Å². The molecule has 1 aromatic heterocycles. The van der Waals surface area contributed by atoms with E-state index in [1.165, 1.54) is 0 Å². The first-order valence-electron chi connectivity index (χ1n) is 6.51. The van der Waals surface area contributed by atoms with Crippen molar-refractivity contribution in [3.8, 4) is 0 Å². The molecule has 19 heavy (non-hydrogen) atoms. The Labute approximate surface area is 119 Å². The van der Waals surface area contributed by atoms with Crippen molar-refractivity contribution < 1.29 is 5.11 Å². The second kappa shape index (κ2) is 5.61. The summed E-state index contributed by atoms with van der Waals surface area (Å²) in [6.07, 6.45) is 1.48. The van der Waals surface area contributed by atoms with Crippen LogP contribution >= 0.6 is 11.6 Å². The highest BCUT2D eigenvalue weighted by Gasteiger charge is 2.33. The van der Waals surface area contributed by atoms with Gasteiger partial charge < -0.3 is 14.9 Å². The highest BCUT2D eigenvalue weighted by atomic mass is 35.5. The Hall–Kier alpha value is -0.910. The van der Waals surface area contributed by atoms with Crippen molar-refractivity contribution in [2.24, 2.45) is 0 Å². The lowest BCUT2D eigenvalue weighted by Crippen LogP contribution is -2.49. The van der Waals surface area contributed by atoms with E-state index in [1.807, 2.05) is 25.9 Å². The minimum atomic E-state index is -0.591. The SMILES string of the molecule is Cc1nc(Cl)cc(N2CCC(O)(CN(C)C)CC2)n1. The molecule has 1 aliphatic heterocycles. The molecule has 1 N–H and O–H groups in total. The molecule has 2 heterocycles. The molecule has 1 aliphatic rings. The largest absolute Gasteiger partial charge is 0.388 e. The highest BCUT2D eigenvalue weighted by Crippen LogP contribution is 2.26. The molecule has 0 atom stereocenters. The lowest BCUT2D eigenvalue weighted by molar-refractivity contribution is -0.00547. The summed E-state index contributed by atoms with van der Waals surface area (Å²) in [7, 11) is 3.97. The molecule has 0 aromatic carbocycles. The molecule has 0 radical (unpaired) electrons. The van der Waals surface area contributed by atoms with Crippen molar-refractivity contribution in [3.63, 3.8) is 0 Å². The van der Waals surface area contributed by atoms with Gasteiger partial charge in [-0.15, -0.1) is 0 Å². The number of aryl methyl sites for hydroxylation is 1. The van der Waals surface area contributed by atoms with Gasteiger partial charge in [0.25, 0.3) is 0 Å². The molecule has 2 rings (SSSR count). The summed E-state index contributed by atoms with van der Waals surface area (Å²) in [5.41, 5.74) is -0.591. The average molecular weight is 285 g/mol. The van der Waals surface area contributed by atoms with E-state index in [9.17, 15) is 5.11 Å². The smallest absolute Gasteiger partial charge is 0.134 e. The molecule has 0 bridgehead atoms. The van der Waals surface area contributed by atoms with Crippen LogP contribution in [0.25, 0.3) is 0 Å². The summed E-state index contributed by atoms with van der Waals surface area (Å²) in [5.74, 6) is 1.53. The van der Waals surface area contributed by atoms with Gasteiger partial charge in [0.05, 0.1) is 5.60 Å². The maximum atomic E-state index is 10.5. The van der Waals surface area contributed by atoms with Crippen LogP contribution in [-0.4, -0.2) is 59.3 Å². The Kier molecular flexibility index (Phi) is 4.28. The number of anilines is 1. The maximum Gasteiger partial charge on any atom is 0.134 e. The average Bonchev–Trinajstić information content (AvgIpc) is 2.26. The zero-order chi connectivity index (χ0) is 14.0. The fourth-order valence-electron chi connectivity index (χ4n) is 2.58. The van der Waals surface area contributed by atoms with Crippen LogP contribution in [0.1, 0.15) is 18.7 Å². The van der Waals surface area contributed by atoms with Crippen LogP contribution in [0.15, 0.2) is 6.07 Å². The molecular formula is C13H21ClN4O. The Bertz CT molecular complexity index is 424. The fourth-order valence-corrected chi connectivity index (χ4v) is 2.80. The standard InChI is InChI=1S/C13H21ClN4O/c1-10-15-11(14)8-12(16-10)18-6-4-13(19,5-7-18)9-17(2)3/h8,19H,4-7,9H2,1-3H3. The van der Waals surface area contributed by atoms with Gasteiger partial charge in [-0.2, -0.15) is 0 Å². The van der Waals surface area contributed by atoms with E-state index in [1.54, 1.807) is 6.07 Å². The molecule has 0 aliphatic carbocycles. The third-order valence-corrected chi connectivity index (χ3v) is 3.62. The predicted octanol–water partition coefficient (Wildman–Crippen LogP) is 1.33. The third-order valence-electron chi connectivity index (χ3n) is 3.42. The third kappa shape index (κ3) is 3.78. The first-order chi connectivity index (χ1) is 8.88. The predicted molar refractivity (Wildman–Crippen MR) is 76.7 cm³/mol. The second-order valence-electron chi connectivity index (χ2n) is 5.55. The van der Waals surface area contributed by atoms with Crippen LogP contribution in [0.4, 0.5) is 5.82 Å². The summed E-state index contributed by atoms with van der Waals surface area (Å²) in [6.45, 7) is 4.11. The van der Waals surface area contributed by atoms with Crippen LogP contribution < -0.4 is 4.90 Å². The van der Waals surface area contributed by atoms with E-state index in [4.69, 9.17) is 11.6 Å². The van der Waals surface area contributed by atoms with Crippen LogP contribution in [0.5, 0.6) is 0 Å². The zero-order valence-corrected chi connectivity index (χ0v) is 12.5. The number of aromatic nitrogens is 2. The van der Waals surface area contributed by atoms with Gasteiger partial charge in [0.2, 0.25) is 0 Å². The van der Waals surface area contributed by atoms with E-state index >= 15 is 0 Å². The molecule has 106 valence electrons. The van der Waals surface area contributed by atoms with Crippen molar-refractivity contribution in [2.75, 3.05) is 38.6 Å². The van der Waals surface area contributed by atoms with Crippen LogP contribution in [0.3, 0.4) is 0 Å². The number of piperidine rings is 1. The molecule has 5 nitrogen and oxygen atoms in total. The van der Waals surface area contributed by atoms with Crippen molar-refractivity contribution >= 4 is 17.4 Å². The van der Waals surface area contributed by atoms with Crippen LogP contribution in [0.2, 0.25) is 5.15 Å². The first-order valence-corrected chi connectivity index (χ1v) is 6.89. The number of hydrogen-bond acceptors (Lipinski definition) is 5. The summed E-state index contributed by atoms with van der Waals surface area (Å²) in [6, 6.07) is 1.78. The molecule has 0 spiro atoms.